The SMILES string of the molecule is CCC(CC)NC(=O)Oc1ccc(Oc2ccc(NC(=O)c3ccc(OC4CCN(C(C)C)CC4)cc3)cc2C)cc1. The van der Waals surface area contributed by atoms with E-state index in [2.05, 4.69) is 29.4 Å². The van der Waals surface area contributed by atoms with Crippen LogP contribution in [-0.4, -0.2) is 48.2 Å². The summed E-state index contributed by atoms with van der Waals surface area (Å²) in [5.74, 6) is 2.30. The quantitative estimate of drug-likeness (QED) is 0.246. The number of nitrogens with zero attached hydrogens (tertiary/aromatic N) is 1. The third kappa shape index (κ3) is 8.73. The summed E-state index contributed by atoms with van der Waals surface area (Å²) < 4.78 is 17.5. The molecule has 0 spiro atoms. The molecule has 0 bridgehead atoms. The van der Waals surface area contributed by atoms with E-state index in [1.807, 2.05) is 45.0 Å². The monoisotopic (exact) mass is 573 g/mol. The van der Waals surface area contributed by atoms with E-state index >= 15 is 0 Å². The van der Waals surface area contributed by atoms with Crippen molar-refractivity contribution in [3.8, 4) is 23.0 Å². The minimum atomic E-state index is -0.465. The van der Waals surface area contributed by atoms with Crippen LogP contribution in [-0.2, 0) is 0 Å². The molecule has 42 heavy (non-hydrogen) atoms. The van der Waals surface area contributed by atoms with E-state index in [1.54, 1.807) is 42.5 Å². The molecule has 2 N–H and O–H groups in total. The fourth-order valence-corrected chi connectivity index (χ4v) is 4.93. The maximum Gasteiger partial charge on any atom is 0.412 e. The number of hydrogen-bond donors (Lipinski definition) is 2. The van der Waals surface area contributed by atoms with E-state index in [1.165, 1.54) is 0 Å². The predicted octanol–water partition coefficient (Wildman–Crippen LogP) is 7.57. The van der Waals surface area contributed by atoms with Gasteiger partial charge >= 0.3 is 6.09 Å². The molecule has 1 heterocycles. The lowest BCUT2D eigenvalue weighted by molar-refractivity contribution is 0.0843. The summed E-state index contributed by atoms with van der Waals surface area (Å²) in [4.78, 5) is 27.4. The molecule has 0 radical (unpaired) electrons. The van der Waals surface area contributed by atoms with Gasteiger partial charge in [-0.3, -0.25) is 4.79 Å². The van der Waals surface area contributed by atoms with Gasteiger partial charge < -0.3 is 29.7 Å². The topological polar surface area (TPSA) is 89.1 Å². The van der Waals surface area contributed by atoms with Crippen LogP contribution < -0.4 is 24.8 Å². The van der Waals surface area contributed by atoms with Crippen LogP contribution >= 0.6 is 0 Å². The van der Waals surface area contributed by atoms with Gasteiger partial charge in [0.15, 0.2) is 0 Å². The highest BCUT2D eigenvalue weighted by Gasteiger charge is 2.22. The largest absolute Gasteiger partial charge is 0.490 e. The van der Waals surface area contributed by atoms with E-state index in [0.717, 1.165) is 50.1 Å². The van der Waals surface area contributed by atoms with E-state index in [9.17, 15) is 9.59 Å². The molecule has 224 valence electrons. The Hall–Kier alpha value is -4.04. The second kappa shape index (κ2) is 14.7. The van der Waals surface area contributed by atoms with Gasteiger partial charge in [-0.25, -0.2) is 4.79 Å². The zero-order valence-electron chi connectivity index (χ0n) is 25.3. The van der Waals surface area contributed by atoms with Gasteiger partial charge in [0.2, 0.25) is 0 Å². The second-order valence-electron chi connectivity index (χ2n) is 11.0. The normalized spacial score (nSPS) is 14.1. The van der Waals surface area contributed by atoms with Gasteiger partial charge in [-0.1, -0.05) is 13.8 Å². The van der Waals surface area contributed by atoms with Crippen LogP contribution in [0.5, 0.6) is 23.0 Å². The maximum atomic E-state index is 12.9. The highest BCUT2D eigenvalue weighted by molar-refractivity contribution is 6.04. The summed E-state index contributed by atoms with van der Waals surface area (Å²) in [6, 6.07) is 20.3. The van der Waals surface area contributed by atoms with Crippen molar-refractivity contribution in [2.45, 2.75) is 78.5 Å². The highest BCUT2D eigenvalue weighted by Crippen LogP contribution is 2.29. The number of carbonyl (C=O) groups excluding carboxylic acids is 2. The first-order chi connectivity index (χ1) is 20.2. The molecule has 4 rings (SSSR count). The standard InChI is InChI=1S/C34H43N3O5/c1-6-26(7-2)36-34(39)42-30-15-13-29(14-16-30)41-32-17-10-27(22-24(32)5)35-33(38)25-8-11-28(12-9-25)40-31-18-20-37(21-19-31)23(3)4/h8-17,22-23,26,31H,6-7,18-21H2,1-5H3,(H,35,38)(H,36,39). The third-order valence-electron chi connectivity index (χ3n) is 7.63. The zero-order valence-corrected chi connectivity index (χ0v) is 25.3. The Morgan fingerprint density at radius 1 is 0.881 bits per heavy atom. The van der Waals surface area contributed by atoms with E-state index < -0.39 is 6.09 Å². The number of nitrogens with one attached hydrogen (secondary N) is 2. The van der Waals surface area contributed by atoms with Crippen LogP contribution in [0, 0.1) is 6.92 Å². The average molecular weight is 574 g/mol. The number of aryl methyl sites for hydroxylation is 1. The number of ether oxygens (including phenoxy) is 3. The molecule has 0 saturated carbocycles. The molecule has 1 aliphatic rings. The average Bonchev–Trinajstić information content (AvgIpc) is 2.99. The van der Waals surface area contributed by atoms with Crippen molar-refractivity contribution in [2.75, 3.05) is 18.4 Å². The number of anilines is 1. The number of amides is 2. The Labute approximate surface area is 249 Å². The van der Waals surface area contributed by atoms with Crippen LogP contribution in [0.3, 0.4) is 0 Å². The lowest BCUT2D eigenvalue weighted by Crippen LogP contribution is -2.41. The Morgan fingerprint density at radius 2 is 1.50 bits per heavy atom. The van der Waals surface area contributed by atoms with Crippen LogP contribution in [0.15, 0.2) is 66.7 Å². The van der Waals surface area contributed by atoms with E-state index in [-0.39, 0.29) is 18.1 Å². The van der Waals surface area contributed by atoms with Crippen molar-refractivity contribution in [1.82, 2.24) is 10.2 Å². The molecular weight excluding hydrogens is 530 g/mol. The third-order valence-corrected chi connectivity index (χ3v) is 7.63. The molecule has 8 heteroatoms. The van der Waals surface area contributed by atoms with Gasteiger partial charge in [-0.2, -0.15) is 0 Å². The van der Waals surface area contributed by atoms with Crippen molar-refractivity contribution in [3.63, 3.8) is 0 Å². The number of hydrogen-bond acceptors (Lipinski definition) is 6. The van der Waals surface area contributed by atoms with Gasteiger partial charge in [-0.05, 0) is 119 Å². The van der Waals surface area contributed by atoms with Crippen LogP contribution in [0.25, 0.3) is 0 Å². The molecule has 2 amide bonds. The molecule has 0 unspecified atom stereocenters. The molecule has 8 nitrogen and oxygen atoms in total. The summed E-state index contributed by atoms with van der Waals surface area (Å²) in [7, 11) is 0. The van der Waals surface area contributed by atoms with Crippen molar-refractivity contribution < 1.29 is 23.8 Å². The Bertz CT molecular complexity index is 1310. The first-order valence-electron chi connectivity index (χ1n) is 14.9. The number of rotatable bonds is 11. The van der Waals surface area contributed by atoms with Crippen LogP contribution in [0.1, 0.15) is 69.3 Å². The minimum Gasteiger partial charge on any atom is -0.490 e. The van der Waals surface area contributed by atoms with Gasteiger partial charge in [0, 0.05) is 36.4 Å². The number of carbonyl (C=O) groups is 2. The summed E-state index contributed by atoms with van der Waals surface area (Å²) in [6.45, 7) is 12.5. The van der Waals surface area contributed by atoms with Crippen molar-refractivity contribution >= 4 is 17.7 Å². The lowest BCUT2D eigenvalue weighted by atomic mass is 10.1. The first kappa shape index (κ1) is 30.9. The summed E-state index contributed by atoms with van der Waals surface area (Å²) in [5.41, 5.74) is 2.10. The Balaban J connectivity index is 1.27. The number of piperidine rings is 1. The van der Waals surface area contributed by atoms with Gasteiger partial charge in [0.05, 0.1) is 0 Å². The van der Waals surface area contributed by atoms with Crippen molar-refractivity contribution in [2.24, 2.45) is 0 Å². The summed E-state index contributed by atoms with van der Waals surface area (Å²) in [5, 5.41) is 5.81. The number of likely N-dealkylation sites (tertiary alicyclic amines) is 1. The summed E-state index contributed by atoms with van der Waals surface area (Å²) in [6.07, 6.45) is 3.46. The van der Waals surface area contributed by atoms with Gasteiger partial charge in [-0.15, -0.1) is 0 Å². The Kier molecular flexibility index (Phi) is 10.8. The molecule has 0 aliphatic carbocycles. The molecule has 3 aromatic rings. The van der Waals surface area contributed by atoms with E-state index in [0.29, 0.717) is 34.5 Å². The molecule has 0 aromatic heterocycles. The van der Waals surface area contributed by atoms with Crippen molar-refractivity contribution in [1.29, 1.82) is 0 Å². The highest BCUT2D eigenvalue weighted by atomic mass is 16.6. The van der Waals surface area contributed by atoms with Crippen LogP contribution in [0.2, 0.25) is 0 Å². The first-order valence-corrected chi connectivity index (χ1v) is 14.9. The van der Waals surface area contributed by atoms with Gasteiger partial charge in [0.1, 0.15) is 29.1 Å². The molecule has 1 aliphatic heterocycles. The van der Waals surface area contributed by atoms with Gasteiger partial charge in [0.25, 0.3) is 5.91 Å². The van der Waals surface area contributed by atoms with Crippen LogP contribution in [0.4, 0.5) is 10.5 Å². The molecule has 0 atom stereocenters. The maximum absolute atomic E-state index is 12.9. The minimum absolute atomic E-state index is 0.0962. The number of benzene rings is 3. The molecule has 1 saturated heterocycles. The fourth-order valence-electron chi connectivity index (χ4n) is 4.93. The smallest absolute Gasteiger partial charge is 0.412 e. The molecule has 3 aromatic carbocycles. The Morgan fingerprint density at radius 3 is 2.10 bits per heavy atom. The molecular formula is C34H43N3O5. The molecule has 1 fully saturated rings. The fraction of sp³-hybridized carbons (Fsp3) is 0.412. The van der Waals surface area contributed by atoms with E-state index in [4.69, 9.17) is 14.2 Å². The second-order valence-corrected chi connectivity index (χ2v) is 11.0. The summed E-state index contributed by atoms with van der Waals surface area (Å²) >= 11 is 0. The lowest BCUT2D eigenvalue weighted by Gasteiger charge is -2.34. The predicted molar refractivity (Wildman–Crippen MR) is 166 cm³/mol. The van der Waals surface area contributed by atoms with Crippen molar-refractivity contribution in [3.05, 3.63) is 77.9 Å². The zero-order chi connectivity index (χ0) is 30.1.